The van der Waals surface area contributed by atoms with E-state index in [1.54, 1.807) is 6.26 Å². The number of hydrogen-bond donors (Lipinski definition) is 1. The molecule has 2 rings (SSSR count). The zero-order chi connectivity index (χ0) is 10.5. The van der Waals surface area contributed by atoms with E-state index in [1.807, 2.05) is 6.07 Å². The SMILES string of the molecule is Cl.NCCC1CCCCN1Cc1ccon1. The maximum absolute atomic E-state index is 5.63. The first kappa shape index (κ1) is 13.5. The average Bonchev–Trinajstić information content (AvgIpc) is 2.74. The summed E-state index contributed by atoms with van der Waals surface area (Å²) < 4.78 is 4.85. The van der Waals surface area contributed by atoms with Crippen molar-refractivity contribution >= 4 is 12.4 Å². The summed E-state index contributed by atoms with van der Waals surface area (Å²) in [5.41, 5.74) is 6.66. The van der Waals surface area contributed by atoms with Crippen LogP contribution < -0.4 is 5.73 Å². The Morgan fingerprint density at radius 3 is 3.06 bits per heavy atom. The summed E-state index contributed by atoms with van der Waals surface area (Å²) >= 11 is 0. The second kappa shape index (κ2) is 6.89. The van der Waals surface area contributed by atoms with Gasteiger partial charge in [0.1, 0.15) is 6.26 Å². The van der Waals surface area contributed by atoms with Crippen molar-refractivity contribution < 1.29 is 4.52 Å². The van der Waals surface area contributed by atoms with E-state index in [-0.39, 0.29) is 12.4 Å². The number of nitrogens with zero attached hydrogens (tertiary/aromatic N) is 2. The molecule has 0 spiro atoms. The van der Waals surface area contributed by atoms with Crippen molar-refractivity contribution in [2.24, 2.45) is 5.73 Å². The van der Waals surface area contributed by atoms with Crippen molar-refractivity contribution in [2.45, 2.75) is 38.3 Å². The Morgan fingerprint density at radius 1 is 1.50 bits per heavy atom. The fourth-order valence-electron chi connectivity index (χ4n) is 2.31. The molecule has 0 amide bonds. The number of nitrogens with two attached hydrogens (primary N) is 1. The zero-order valence-electron chi connectivity index (χ0n) is 9.47. The Hall–Kier alpha value is -0.580. The fraction of sp³-hybridized carbons (Fsp3) is 0.727. The first-order valence-corrected chi connectivity index (χ1v) is 5.73. The van der Waals surface area contributed by atoms with Crippen LogP contribution in [0.25, 0.3) is 0 Å². The van der Waals surface area contributed by atoms with Crippen molar-refractivity contribution in [3.8, 4) is 0 Å². The van der Waals surface area contributed by atoms with Gasteiger partial charge in [-0.3, -0.25) is 4.90 Å². The van der Waals surface area contributed by atoms with Crippen LogP contribution in [-0.4, -0.2) is 29.2 Å². The van der Waals surface area contributed by atoms with Crippen LogP contribution in [0.1, 0.15) is 31.4 Å². The first-order valence-electron chi connectivity index (χ1n) is 5.73. The molecule has 1 aliphatic rings. The fourth-order valence-corrected chi connectivity index (χ4v) is 2.31. The summed E-state index contributed by atoms with van der Waals surface area (Å²) in [6.45, 7) is 2.85. The highest BCUT2D eigenvalue weighted by atomic mass is 35.5. The third-order valence-corrected chi connectivity index (χ3v) is 3.11. The number of hydrogen-bond acceptors (Lipinski definition) is 4. The Kier molecular flexibility index (Phi) is 5.80. The lowest BCUT2D eigenvalue weighted by Crippen LogP contribution is -2.40. The highest BCUT2D eigenvalue weighted by Crippen LogP contribution is 2.20. The normalized spacial score (nSPS) is 21.7. The molecule has 0 aromatic carbocycles. The number of piperidine rings is 1. The van der Waals surface area contributed by atoms with Gasteiger partial charge in [0.05, 0.1) is 5.69 Å². The maximum Gasteiger partial charge on any atom is 0.124 e. The van der Waals surface area contributed by atoms with Gasteiger partial charge >= 0.3 is 0 Å². The second-order valence-electron chi connectivity index (χ2n) is 4.19. The van der Waals surface area contributed by atoms with Gasteiger partial charge in [-0.2, -0.15) is 0 Å². The topological polar surface area (TPSA) is 55.3 Å². The largest absolute Gasteiger partial charge is 0.364 e. The van der Waals surface area contributed by atoms with E-state index >= 15 is 0 Å². The van der Waals surface area contributed by atoms with Crippen LogP contribution in [0.15, 0.2) is 16.9 Å². The molecular formula is C11H20ClN3O. The standard InChI is InChI=1S/C11H19N3O.ClH/c12-6-4-11-3-1-2-7-14(11)9-10-5-8-15-13-10;/h5,8,11H,1-4,6-7,9,12H2;1H. The first-order chi connectivity index (χ1) is 7.40. The molecule has 0 bridgehead atoms. The lowest BCUT2D eigenvalue weighted by Gasteiger charge is -2.34. The molecule has 16 heavy (non-hydrogen) atoms. The van der Waals surface area contributed by atoms with Gasteiger partial charge < -0.3 is 10.3 Å². The third kappa shape index (κ3) is 3.47. The number of halogens is 1. The smallest absolute Gasteiger partial charge is 0.124 e. The number of likely N-dealkylation sites (tertiary alicyclic amines) is 1. The minimum absolute atomic E-state index is 0. The lowest BCUT2D eigenvalue weighted by atomic mass is 9.99. The van der Waals surface area contributed by atoms with Crippen molar-refractivity contribution in [1.29, 1.82) is 0 Å². The highest BCUT2D eigenvalue weighted by Gasteiger charge is 2.22. The van der Waals surface area contributed by atoms with Crippen molar-refractivity contribution in [3.63, 3.8) is 0 Å². The quantitative estimate of drug-likeness (QED) is 0.879. The summed E-state index contributed by atoms with van der Waals surface area (Å²) in [6, 6.07) is 2.58. The highest BCUT2D eigenvalue weighted by molar-refractivity contribution is 5.85. The Balaban J connectivity index is 0.00000128. The van der Waals surface area contributed by atoms with E-state index in [9.17, 15) is 0 Å². The third-order valence-electron chi connectivity index (χ3n) is 3.11. The molecular weight excluding hydrogens is 226 g/mol. The van der Waals surface area contributed by atoms with Crippen LogP contribution in [0.2, 0.25) is 0 Å². The van der Waals surface area contributed by atoms with Crippen LogP contribution in [0, 0.1) is 0 Å². The molecule has 5 heteroatoms. The number of rotatable bonds is 4. The minimum Gasteiger partial charge on any atom is -0.364 e. The van der Waals surface area contributed by atoms with Crippen LogP contribution in [-0.2, 0) is 6.54 Å². The van der Waals surface area contributed by atoms with Crippen molar-refractivity contribution in [2.75, 3.05) is 13.1 Å². The maximum atomic E-state index is 5.63. The molecule has 4 nitrogen and oxygen atoms in total. The summed E-state index contributed by atoms with van der Waals surface area (Å²) in [7, 11) is 0. The molecule has 0 saturated carbocycles. The average molecular weight is 246 g/mol. The van der Waals surface area contributed by atoms with Gasteiger partial charge in [0, 0.05) is 18.7 Å². The summed E-state index contributed by atoms with van der Waals surface area (Å²) in [4.78, 5) is 2.48. The summed E-state index contributed by atoms with van der Waals surface area (Å²) in [5.74, 6) is 0. The van der Waals surface area contributed by atoms with E-state index in [1.165, 1.54) is 19.3 Å². The molecule has 1 aromatic heterocycles. The second-order valence-corrected chi connectivity index (χ2v) is 4.19. The molecule has 1 unspecified atom stereocenters. The van der Waals surface area contributed by atoms with Gasteiger partial charge in [-0.05, 0) is 32.4 Å². The molecule has 1 fully saturated rings. The van der Waals surface area contributed by atoms with Crippen molar-refractivity contribution in [3.05, 3.63) is 18.0 Å². The van der Waals surface area contributed by atoms with Gasteiger partial charge in [0.25, 0.3) is 0 Å². The van der Waals surface area contributed by atoms with Crippen LogP contribution in [0.5, 0.6) is 0 Å². The lowest BCUT2D eigenvalue weighted by molar-refractivity contribution is 0.131. The molecule has 0 aliphatic carbocycles. The van der Waals surface area contributed by atoms with Crippen LogP contribution in [0.4, 0.5) is 0 Å². The minimum atomic E-state index is 0. The molecule has 92 valence electrons. The van der Waals surface area contributed by atoms with Crippen molar-refractivity contribution in [1.82, 2.24) is 10.1 Å². The molecule has 0 radical (unpaired) electrons. The van der Waals surface area contributed by atoms with E-state index in [4.69, 9.17) is 10.3 Å². The van der Waals surface area contributed by atoms with Crippen LogP contribution in [0.3, 0.4) is 0 Å². The molecule has 1 aromatic rings. The van der Waals surface area contributed by atoms with Gasteiger partial charge in [-0.1, -0.05) is 11.6 Å². The zero-order valence-corrected chi connectivity index (χ0v) is 10.3. The summed E-state index contributed by atoms with van der Waals surface area (Å²) in [5, 5.41) is 3.96. The molecule has 1 aliphatic heterocycles. The van der Waals surface area contributed by atoms with E-state index in [2.05, 4.69) is 10.1 Å². The van der Waals surface area contributed by atoms with Crippen LogP contribution >= 0.6 is 12.4 Å². The van der Waals surface area contributed by atoms with Gasteiger partial charge in [-0.25, -0.2) is 0 Å². The Bertz CT molecular complexity index is 277. The van der Waals surface area contributed by atoms with Gasteiger partial charge in [0.2, 0.25) is 0 Å². The predicted octanol–water partition coefficient (Wildman–Crippen LogP) is 1.80. The van der Waals surface area contributed by atoms with Gasteiger partial charge in [0.15, 0.2) is 0 Å². The molecule has 1 saturated heterocycles. The Morgan fingerprint density at radius 2 is 2.38 bits per heavy atom. The number of aromatic nitrogens is 1. The monoisotopic (exact) mass is 245 g/mol. The van der Waals surface area contributed by atoms with E-state index in [0.29, 0.717) is 6.04 Å². The summed E-state index contributed by atoms with van der Waals surface area (Å²) in [6.07, 6.45) is 6.63. The molecule has 2 N–H and O–H groups in total. The molecule has 2 heterocycles. The Labute approximate surface area is 103 Å². The molecule has 1 atom stereocenters. The van der Waals surface area contributed by atoms with E-state index in [0.717, 1.165) is 31.7 Å². The van der Waals surface area contributed by atoms with E-state index < -0.39 is 0 Å². The van der Waals surface area contributed by atoms with Gasteiger partial charge in [-0.15, -0.1) is 12.4 Å². The predicted molar refractivity (Wildman–Crippen MR) is 65.5 cm³/mol.